The first-order chi connectivity index (χ1) is 36.2. The van der Waals surface area contributed by atoms with E-state index in [-0.39, 0.29) is 29.6 Å². The number of aromatic nitrogens is 17. The number of amides is 2. The Labute approximate surface area is 432 Å². The van der Waals surface area contributed by atoms with Gasteiger partial charge in [0, 0.05) is 77.7 Å². The fourth-order valence-electron chi connectivity index (χ4n) is 8.02. The van der Waals surface area contributed by atoms with Gasteiger partial charge in [0.2, 0.25) is 0 Å². The highest BCUT2D eigenvalue weighted by molar-refractivity contribution is 5.93. The Hall–Kier alpha value is -9.53. The number of nitrogens with one attached hydrogen (secondary N) is 4. The minimum absolute atomic E-state index is 0.196. The third-order valence-corrected chi connectivity index (χ3v) is 11.8. The highest BCUT2D eigenvalue weighted by Gasteiger charge is 2.19. The van der Waals surface area contributed by atoms with Gasteiger partial charge in [-0.3, -0.25) is 34.7 Å². The molecule has 21 nitrogen and oxygen atoms in total. The van der Waals surface area contributed by atoms with Crippen molar-refractivity contribution < 1.29 is 9.59 Å². The summed E-state index contributed by atoms with van der Waals surface area (Å²) in [7, 11) is 0. The second kappa shape index (κ2) is 22.5. The number of carbonyl (C=O) groups is 2. The fourth-order valence-corrected chi connectivity index (χ4v) is 8.02. The van der Waals surface area contributed by atoms with Crippen molar-refractivity contribution in [2.24, 2.45) is 0 Å². The van der Waals surface area contributed by atoms with Crippen molar-refractivity contribution >= 4 is 11.8 Å². The molecular formula is C54H55N19O2. The van der Waals surface area contributed by atoms with Crippen molar-refractivity contribution in [3.05, 3.63) is 196 Å². The SMILES string of the molecule is CC[C@@H](NC(=O)c1ccc(-c2nc(C)cc(Cc3cc(C)[nH]n3)n2)cn1)c1ccc(-n2cc(C)cn2)nc1.Cc1cnn(-c2cnc([C@H](C)NC(=O)c3ccc(-c4nc(C)cc(Cc5cc(C)[nH]n5)n4)cn3)cn2)c1. The molecule has 0 radical (unpaired) electrons. The molecule has 10 rings (SSSR count). The molecule has 10 aromatic rings. The summed E-state index contributed by atoms with van der Waals surface area (Å²) in [6, 6.07) is 18.2. The zero-order valence-corrected chi connectivity index (χ0v) is 42.8. The van der Waals surface area contributed by atoms with Gasteiger partial charge in [-0.05, 0) is 126 Å². The van der Waals surface area contributed by atoms with E-state index in [1.165, 1.54) is 0 Å². The number of hydrogen-bond acceptors (Lipinski definition) is 15. The molecule has 0 bridgehead atoms. The highest BCUT2D eigenvalue weighted by atomic mass is 16.2. The van der Waals surface area contributed by atoms with Crippen LogP contribution in [0.15, 0.2) is 116 Å². The Morgan fingerprint density at radius 1 is 0.547 bits per heavy atom. The van der Waals surface area contributed by atoms with E-state index in [2.05, 4.69) is 81.1 Å². The topological polar surface area (TPSA) is 267 Å². The molecule has 10 heterocycles. The standard InChI is InChI=1S/C28H29N9O.C26H26N10O/c1-5-24(20-7-9-26(30-14-20)37-16-17(2)13-31-37)34-28(38)25-8-6-21(15-29-25)27-32-18(3)10-22(33-27)12-23-11-19(4)35-36-23;1-15-10-30-36(14-15)24-13-28-23(12-29-24)18(4)32-26(37)22-6-5-19(11-27-22)25-31-16(2)7-20(33-25)9-21-8-17(3)34-35-21/h6-11,13-16,24H,5,12H2,1-4H3,(H,34,38)(H,35,36);5-8,10-14,18H,9H2,1-4H3,(H,32,37)(H,34,35)/t24-;18-/m10/s1. The maximum atomic E-state index is 13.0. The second-order valence-electron chi connectivity index (χ2n) is 18.3. The second-order valence-corrected chi connectivity index (χ2v) is 18.3. The van der Waals surface area contributed by atoms with Crippen LogP contribution in [0.2, 0.25) is 0 Å². The van der Waals surface area contributed by atoms with Crippen LogP contribution in [0.5, 0.6) is 0 Å². The first kappa shape index (κ1) is 50.4. The number of nitrogens with zero attached hydrogens (tertiary/aromatic N) is 15. The van der Waals surface area contributed by atoms with Crippen LogP contribution < -0.4 is 10.6 Å². The molecule has 0 saturated heterocycles. The predicted octanol–water partition coefficient (Wildman–Crippen LogP) is 7.48. The lowest BCUT2D eigenvalue weighted by Crippen LogP contribution is -2.29. The monoisotopic (exact) mass is 1000 g/mol. The summed E-state index contributed by atoms with van der Waals surface area (Å²) in [4.78, 5) is 66.4. The molecule has 0 saturated carbocycles. The lowest BCUT2D eigenvalue weighted by atomic mass is 10.1. The van der Waals surface area contributed by atoms with Gasteiger partial charge >= 0.3 is 0 Å². The third-order valence-electron chi connectivity index (χ3n) is 11.8. The Balaban J connectivity index is 0.000000184. The summed E-state index contributed by atoms with van der Waals surface area (Å²) in [5.41, 5.74) is 13.0. The number of H-pyrrole nitrogens is 2. The van der Waals surface area contributed by atoms with Crippen molar-refractivity contribution in [3.63, 3.8) is 0 Å². The van der Waals surface area contributed by atoms with Crippen molar-refractivity contribution in [1.29, 1.82) is 0 Å². The van der Waals surface area contributed by atoms with Gasteiger partial charge in [-0.15, -0.1) is 0 Å². The average Bonchev–Trinajstić information content (AvgIpc) is 4.25. The first-order valence-corrected chi connectivity index (χ1v) is 24.3. The van der Waals surface area contributed by atoms with Crippen LogP contribution in [-0.2, 0) is 12.8 Å². The van der Waals surface area contributed by atoms with E-state index in [0.29, 0.717) is 48.1 Å². The van der Waals surface area contributed by atoms with Gasteiger partial charge in [-0.25, -0.2) is 39.3 Å². The Morgan fingerprint density at radius 2 is 1.08 bits per heavy atom. The van der Waals surface area contributed by atoms with Crippen molar-refractivity contribution in [3.8, 4) is 34.4 Å². The smallest absolute Gasteiger partial charge is 0.270 e. The molecule has 2 atom stereocenters. The molecule has 0 aliphatic rings. The van der Waals surface area contributed by atoms with Crippen LogP contribution in [0.25, 0.3) is 34.4 Å². The zero-order valence-electron chi connectivity index (χ0n) is 42.8. The molecule has 75 heavy (non-hydrogen) atoms. The molecule has 0 unspecified atom stereocenters. The third kappa shape index (κ3) is 12.8. The molecule has 0 aliphatic heterocycles. The minimum atomic E-state index is -0.358. The number of pyridine rings is 3. The van der Waals surface area contributed by atoms with Gasteiger partial charge in [-0.2, -0.15) is 20.4 Å². The Kier molecular flexibility index (Phi) is 15.1. The predicted molar refractivity (Wildman–Crippen MR) is 279 cm³/mol. The van der Waals surface area contributed by atoms with E-state index < -0.39 is 0 Å². The maximum absolute atomic E-state index is 13.0. The van der Waals surface area contributed by atoms with E-state index in [9.17, 15) is 9.59 Å². The van der Waals surface area contributed by atoms with Crippen LogP contribution in [0.3, 0.4) is 0 Å². The maximum Gasteiger partial charge on any atom is 0.270 e. The summed E-state index contributed by atoms with van der Waals surface area (Å²) in [5.74, 6) is 1.88. The van der Waals surface area contributed by atoms with Gasteiger partial charge in [-0.1, -0.05) is 13.0 Å². The summed E-state index contributed by atoms with van der Waals surface area (Å²) >= 11 is 0. The molecular weight excluding hydrogens is 947 g/mol. The van der Waals surface area contributed by atoms with Crippen LogP contribution in [-0.4, -0.2) is 96.6 Å². The first-order valence-electron chi connectivity index (χ1n) is 24.3. The van der Waals surface area contributed by atoms with Crippen LogP contribution in [0, 0.1) is 41.5 Å². The van der Waals surface area contributed by atoms with E-state index in [4.69, 9.17) is 4.98 Å². The van der Waals surface area contributed by atoms with Crippen LogP contribution in [0.4, 0.5) is 0 Å². The largest absolute Gasteiger partial charge is 0.344 e. The average molecular weight is 1000 g/mol. The molecule has 0 aliphatic carbocycles. The summed E-state index contributed by atoms with van der Waals surface area (Å²) in [5, 5.41) is 29.0. The van der Waals surface area contributed by atoms with Crippen molar-refractivity contribution in [2.45, 2.75) is 86.7 Å². The number of hydrogen-bond donors (Lipinski definition) is 4. The van der Waals surface area contributed by atoms with Gasteiger partial charge in [0.1, 0.15) is 11.4 Å². The van der Waals surface area contributed by atoms with Gasteiger partial charge in [0.25, 0.3) is 11.8 Å². The van der Waals surface area contributed by atoms with Gasteiger partial charge in [0.15, 0.2) is 23.3 Å². The lowest BCUT2D eigenvalue weighted by molar-refractivity contribution is 0.0924. The highest BCUT2D eigenvalue weighted by Crippen LogP contribution is 2.22. The van der Waals surface area contributed by atoms with Crippen molar-refractivity contribution in [1.82, 2.24) is 95.4 Å². The summed E-state index contributed by atoms with van der Waals surface area (Å²) < 4.78 is 3.38. The van der Waals surface area contributed by atoms with E-state index >= 15 is 0 Å². The molecule has 0 fully saturated rings. The lowest BCUT2D eigenvalue weighted by Gasteiger charge is -2.17. The Morgan fingerprint density at radius 3 is 1.51 bits per heavy atom. The fraction of sp³-hybridized carbons (Fsp3) is 0.241. The van der Waals surface area contributed by atoms with E-state index in [1.54, 1.807) is 70.9 Å². The molecule has 0 spiro atoms. The van der Waals surface area contributed by atoms with Crippen molar-refractivity contribution in [2.75, 3.05) is 0 Å². The Bertz CT molecular complexity index is 3560. The zero-order chi connectivity index (χ0) is 52.6. The quantitative estimate of drug-likeness (QED) is 0.0775. The number of carbonyl (C=O) groups excluding carboxylic acids is 2. The molecule has 378 valence electrons. The van der Waals surface area contributed by atoms with Gasteiger partial charge < -0.3 is 10.6 Å². The molecule has 4 N–H and O–H groups in total. The molecule has 2 amide bonds. The number of rotatable bonds is 15. The molecule has 0 aromatic carbocycles. The van der Waals surface area contributed by atoms with E-state index in [0.717, 1.165) is 79.2 Å². The number of aromatic amines is 2. The minimum Gasteiger partial charge on any atom is -0.344 e. The number of aryl methyl sites for hydroxylation is 6. The molecule has 21 heteroatoms. The summed E-state index contributed by atoms with van der Waals surface area (Å²) in [6.07, 6.45) is 17.5. The molecule has 10 aromatic heterocycles. The van der Waals surface area contributed by atoms with E-state index in [1.807, 2.05) is 110 Å². The van der Waals surface area contributed by atoms with Crippen LogP contribution in [0.1, 0.15) is 121 Å². The summed E-state index contributed by atoms with van der Waals surface area (Å²) in [6.45, 7) is 15.6. The van der Waals surface area contributed by atoms with Crippen LogP contribution >= 0.6 is 0 Å². The normalized spacial score (nSPS) is 11.9. The van der Waals surface area contributed by atoms with Gasteiger partial charge in [0.05, 0.1) is 65.3 Å².